The van der Waals surface area contributed by atoms with E-state index in [4.69, 9.17) is 33.2 Å². The molecule has 0 radical (unpaired) electrons. The molecular weight excluding hydrogens is 869 g/mol. The molecule has 5 N–H and O–H groups in total. The van der Waals surface area contributed by atoms with Crippen molar-refractivity contribution in [3.8, 4) is 0 Å². The maximum absolute atomic E-state index is 12.9. The zero-order chi connectivity index (χ0) is 48.4. The number of hydrogen-bond donors (Lipinski definition) is 5. The third-order valence-corrected chi connectivity index (χ3v) is 19.3. The molecule has 8 aliphatic rings. The number of carbonyl (C=O) groups is 1. The van der Waals surface area contributed by atoms with Crippen LogP contribution in [0.2, 0.25) is 0 Å². The molecule has 390 valence electrons. The Balaban J connectivity index is 0.864. The van der Waals surface area contributed by atoms with Crippen LogP contribution in [0, 0.1) is 46.3 Å². The predicted octanol–water partition coefficient (Wildman–Crippen LogP) is 8.42. The molecule has 4 aliphatic carbocycles. The van der Waals surface area contributed by atoms with Crippen LogP contribution in [-0.2, 0) is 38.0 Å². The van der Waals surface area contributed by atoms with Crippen LogP contribution in [0.1, 0.15) is 189 Å². The summed E-state index contributed by atoms with van der Waals surface area (Å²) in [5.74, 6) is 2.42. The van der Waals surface area contributed by atoms with Gasteiger partial charge in [-0.2, -0.15) is 0 Å². The van der Waals surface area contributed by atoms with Crippen molar-refractivity contribution in [2.75, 3.05) is 13.2 Å². The van der Waals surface area contributed by atoms with Gasteiger partial charge in [0.1, 0.15) is 49.3 Å². The van der Waals surface area contributed by atoms with Gasteiger partial charge in [0.25, 0.3) is 0 Å². The van der Waals surface area contributed by atoms with E-state index in [1.807, 2.05) is 0 Å². The lowest BCUT2D eigenvalue weighted by atomic mass is 9.47. The molecule has 3 saturated carbocycles. The van der Waals surface area contributed by atoms with Crippen LogP contribution < -0.4 is 0 Å². The quantitative estimate of drug-likeness (QED) is 0.0446. The molecule has 4 heterocycles. The fraction of sp³-hybridized carbons (Fsp3) is 0.945. The number of esters is 1. The molecule has 13 heteroatoms. The Labute approximate surface area is 408 Å². The largest absolute Gasteiger partial charge is 0.463 e. The van der Waals surface area contributed by atoms with Gasteiger partial charge < -0.3 is 58.7 Å². The Kier molecular flexibility index (Phi) is 17.9. The molecule has 68 heavy (non-hydrogen) atoms. The van der Waals surface area contributed by atoms with E-state index < -0.39 is 67.2 Å². The van der Waals surface area contributed by atoms with Gasteiger partial charge in [-0.3, -0.25) is 4.79 Å². The summed E-state index contributed by atoms with van der Waals surface area (Å²) in [6, 6.07) is 0. The normalized spacial score (nSPS) is 46.7. The molecule has 1 spiro atoms. The number of aliphatic hydroxyl groups is 5. The average molecular weight is 961 g/mol. The lowest BCUT2D eigenvalue weighted by Gasteiger charge is -2.58. The highest BCUT2D eigenvalue weighted by atomic mass is 16.8. The highest BCUT2D eigenvalue weighted by Crippen LogP contribution is 2.70. The molecule has 0 bridgehead atoms. The van der Waals surface area contributed by atoms with Crippen molar-refractivity contribution in [3.05, 3.63) is 11.6 Å². The highest BCUT2D eigenvalue weighted by Gasteiger charge is 2.69. The third-order valence-electron chi connectivity index (χ3n) is 19.3. The Bertz CT molecular complexity index is 1650. The molecule has 21 atom stereocenters. The van der Waals surface area contributed by atoms with Crippen LogP contribution in [0.15, 0.2) is 11.6 Å². The fourth-order valence-corrected chi connectivity index (χ4v) is 15.1. The minimum Gasteiger partial charge on any atom is -0.463 e. The molecule has 4 saturated heterocycles. The van der Waals surface area contributed by atoms with Crippen LogP contribution in [0.4, 0.5) is 0 Å². The number of hydrogen-bond acceptors (Lipinski definition) is 13. The molecule has 0 aromatic carbocycles. The molecule has 0 aromatic heterocycles. The van der Waals surface area contributed by atoms with Crippen molar-refractivity contribution >= 4 is 5.97 Å². The second-order valence-corrected chi connectivity index (χ2v) is 23.8. The smallest absolute Gasteiger partial charge is 0.305 e. The summed E-state index contributed by atoms with van der Waals surface area (Å²) in [5, 5.41) is 54.9. The average Bonchev–Trinajstić information content (AvgIpc) is 3.77. The molecule has 4 aliphatic heterocycles. The number of fused-ring (bicyclic) bond motifs is 7. The zero-order valence-electron chi connectivity index (χ0n) is 42.6. The first-order chi connectivity index (χ1) is 32.6. The Morgan fingerprint density at radius 2 is 1.43 bits per heavy atom. The van der Waals surface area contributed by atoms with Gasteiger partial charge in [0.05, 0.1) is 24.9 Å². The SMILES string of the molecule is CCCCCCCCCCCCCCCC(=O)OCC1OC(O[C@H]2CC[C@@]3(C)C(=CC[C@H]4C5C[C@@H]6O[C@]7(CC[C@@H](C)CO7)C(C)C6[C@@]5(C)CC[C@@H]43)C2)C(OC2OC(C)C(O)C(O)C2O)C(O)C1O. The van der Waals surface area contributed by atoms with Gasteiger partial charge in [0, 0.05) is 18.8 Å². The second-order valence-electron chi connectivity index (χ2n) is 23.8. The summed E-state index contributed by atoms with van der Waals surface area (Å²) in [6.45, 7) is 14.0. The van der Waals surface area contributed by atoms with Crippen molar-refractivity contribution in [2.45, 2.75) is 269 Å². The summed E-state index contributed by atoms with van der Waals surface area (Å²) in [5.41, 5.74) is 1.64. The number of aliphatic hydroxyl groups excluding tert-OH is 5. The van der Waals surface area contributed by atoms with Crippen LogP contribution in [0.25, 0.3) is 0 Å². The Hall–Kier alpha value is -1.23. The number of allylic oxidation sites excluding steroid dienone is 1. The molecule has 7 fully saturated rings. The van der Waals surface area contributed by atoms with Crippen molar-refractivity contribution < 1.29 is 63.5 Å². The number of ether oxygens (including phenoxy) is 7. The van der Waals surface area contributed by atoms with E-state index in [-0.39, 0.29) is 42.0 Å². The minimum absolute atomic E-state index is 0.0221. The van der Waals surface area contributed by atoms with Gasteiger partial charge >= 0.3 is 5.97 Å². The molecule has 8 rings (SSSR count). The van der Waals surface area contributed by atoms with Gasteiger partial charge in [-0.05, 0) is 105 Å². The van der Waals surface area contributed by atoms with Gasteiger partial charge in [-0.1, -0.05) is 123 Å². The molecular formula is C55H92O13. The van der Waals surface area contributed by atoms with E-state index in [1.165, 1.54) is 82.6 Å². The van der Waals surface area contributed by atoms with E-state index in [2.05, 4.69) is 40.7 Å². The van der Waals surface area contributed by atoms with Gasteiger partial charge in [-0.25, -0.2) is 0 Å². The molecule has 0 amide bonds. The lowest BCUT2D eigenvalue weighted by Crippen LogP contribution is -2.64. The summed E-state index contributed by atoms with van der Waals surface area (Å²) < 4.78 is 44.3. The topological polar surface area (TPSA) is 183 Å². The monoisotopic (exact) mass is 961 g/mol. The number of unbranched alkanes of at least 4 members (excludes halogenated alkanes) is 12. The maximum Gasteiger partial charge on any atom is 0.305 e. The van der Waals surface area contributed by atoms with Crippen LogP contribution in [-0.4, -0.2) is 124 Å². The maximum atomic E-state index is 12.9. The van der Waals surface area contributed by atoms with E-state index in [0.717, 1.165) is 64.4 Å². The minimum atomic E-state index is -1.64. The summed E-state index contributed by atoms with van der Waals surface area (Å²) in [4.78, 5) is 12.9. The summed E-state index contributed by atoms with van der Waals surface area (Å²) >= 11 is 0. The van der Waals surface area contributed by atoms with E-state index in [1.54, 1.807) is 6.92 Å². The van der Waals surface area contributed by atoms with Crippen LogP contribution in [0.5, 0.6) is 0 Å². The Morgan fingerprint density at radius 1 is 0.735 bits per heavy atom. The standard InChI is InChI=1S/C55H92O13/c1-7-8-9-10-11-12-13-14-15-16-17-18-19-20-43(56)62-32-42-46(58)48(60)50(67-51-49(61)47(59)45(57)35(4)64-51)52(66-42)65-37-24-26-53(5)36(29-37)21-22-38-39(53)25-27-54(6)40(38)30-41-44(54)34(3)55(68-41)28-23-33(2)31-63-55/h21,33-35,37-42,44-52,57-61H,7-20,22-32H2,1-6H3/t33-,34?,35?,37+,38-,39+,40?,41+,42?,44?,45?,46?,47?,48?,49?,50?,51?,52?,53+,54+,55-/m1/s1. The predicted molar refractivity (Wildman–Crippen MR) is 256 cm³/mol. The molecule has 13 nitrogen and oxygen atoms in total. The number of carbonyl (C=O) groups excluding carboxylic acids is 1. The first kappa shape index (κ1) is 53.1. The number of rotatable bonds is 20. The first-order valence-electron chi connectivity index (χ1n) is 27.8. The zero-order valence-corrected chi connectivity index (χ0v) is 42.6. The summed E-state index contributed by atoms with van der Waals surface area (Å²) in [7, 11) is 0. The highest BCUT2D eigenvalue weighted by molar-refractivity contribution is 5.69. The van der Waals surface area contributed by atoms with Crippen LogP contribution >= 0.6 is 0 Å². The van der Waals surface area contributed by atoms with E-state index >= 15 is 0 Å². The van der Waals surface area contributed by atoms with E-state index in [9.17, 15) is 30.3 Å². The molecule has 13 unspecified atom stereocenters. The van der Waals surface area contributed by atoms with Gasteiger partial charge in [0.15, 0.2) is 18.4 Å². The lowest BCUT2D eigenvalue weighted by molar-refractivity contribution is -0.369. The first-order valence-corrected chi connectivity index (χ1v) is 27.8. The van der Waals surface area contributed by atoms with E-state index in [0.29, 0.717) is 41.9 Å². The second kappa shape index (κ2) is 22.9. The van der Waals surface area contributed by atoms with Gasteiger partial charge in [-0.15, -0.1) is 0 Å². The fourth-order valence-electron chi connectivity index (χ4n) is 15.1. The molecule has 0 aromatic rings. The van der Waals surface area contributed by atoms with Gasteiger partial charge in [0.2, 0.25) is 0 Å². The summed E-state index contributed by atoms with van der Waals surface area (Å²) in [6.07, 6.45) is 13.9. The van der Waals surface area contributed by atoms with Crippen LogP contribution in [0.3, 0.4) is 0 Å². The van der Waals surface area contributed by atoms with Crippen molar-refractivity contribution in [1.29, 1.82) is 0 Å². The Morgan fingerprint density at radius 3 is 2.10 bits per heavy atom. The van der Waals surface area contributed by atoms with Crippen molar-refractivity contribution in [3.63, 3.8) is 0 Å². The van der Waals surface area contributed by atoms with Crippen molar-refractivity contribution in [2.24, 2.45) is 46.3 Å². The third kappa shape index (κ3) is 11.0. The van der Waals surface area contributed by atoms with Crippen molar-refractivity contribution in [1.82, 2.24) is 0 Å².